The smallest absolute Gasteiger partial charge is 0.358 e. The van der Waals surface area contributed by atoms with Gasteiger partial charge in [0.1, 0.15) is 5.69 Å². The number of aliphatic hydroxyl groups excluding tert-OH is 1. The lowest BCUT2D eigenvalue weighted by Gasteiger charge is -2.07. The van der Waals surface area contributed by atoms with Crippen molar-refractivity contribution >= 4 is 5.97 Å². The molecule has 2 heterocycles. The van der Waals surface area contributed by atoms with Crippen LogP contribution < -0.4 is 0 Å². The van der Waals surface area contributed by atoms with Gasteiger partial charge in [0, 0.05) is 18.0 Å². The molecular formula is C12H14N4O4. The average molecular weight is 278 g/mol. The predicted octanol–water partition coefficient (Wildman–Crippen LogP) is 0.0472. The maximum absolute atomic E-state index is 11.2. The first-order valence-electron chi connectivity index (χ1n) is 6.00. The molecule has 0 atom stereocenters. The highest BCUT2D eigenvalue weighted by Gasteiger charge is 2.20. The van der Waals surface area contributed by atoms with Gasteiger partial charge in [0.25, 0.3) is 0 Å². The number of pyridine rings is 1. The first kappa shape index (κ1) is 14.1. The van der Waals surface area contributed by atoms with Crippen molar-refractivity contribution in [3.8, 4) is 11.3 Å². The number of nitrogens with zero attached hydrogens (tertiary/aromatic N) is 4. The van der Waals surface area contributed by atoms with Gasteiger partial charge < -0.3 is 14.9 Å². The third-order valence-corrected chi connectivity index (χ3v) is 2.56. The number of aromatic carboxylic acids is 1. The number of carboxylic acids is 1. The quantitative estimate of drug-likeness (QED) is 0.688. The maximum Gasteiger partial charge on any atom is 0.358 e. The van der Waals surface area contributed by atoms with E-state index in [1.807, 2.05) is 0 Å². The molecule has 0 radical (unpaired) electrons. The molecule has 0 spiro atoms. The minimum atomic E-state index is -1.15. The molecule has 2 aromatic rings. The van der Waals surface area contributed by atoms with Crippen molar-refractivity contribution in [3.63, 3.8) is 0 Å². The van der Waals surface area contributed by atoms with Crippen LogP contribution >= 0.6 is 0 Å². The molecule has 2 N–H and O–H groups in total. The van der Waals surface area contributed by atoms with E-state index in [1.54, 1.807) is 24.5 Å². The van der Waals surface area contributed by atoms with Gasteiger partial charge in [0.2, 0.25) is 0 Å². The van der Waals surface area contributed by atoms with Crippen LogP contribution in [0.25, 0.3) is 11.3 Å². The molecular weight excluding hydrogens is 264 g/mol. The van der Waals surface area contributed by atoms with E-state index in [-0.39, 0.29) is 18.9 Å². The molecule has 2 rings (SSSR count). The molecule has 0 fully saturated rings. The Morgan fingerprint density at radius 3 is 2.90 bits per heavy atom. The molecule has 2 aromatic heterocycles. The van der Waals surface area contributed by atoms with E-state index < -0.39 is 5.97 Å². The van der Waals surface area contributed by atoms with Crippen molar-refractivity contribution in [1.82, 2.24) is 20.0 Å². The van der Waals surface area contributed by atoms with E-state index in [4.69, 9.17) is 14.9 Å². The van der Waals surface area contributed by atoms with E-state index in [0.717, 1.165) is 0 Å². The molecule has 0 saturated heterocycles. The molecule has 0 aliphatic rings. The summed E-state index contributed by atoms with van der Waals surface area (Å²) in [6.07, 6.45) is 3.15. The highest BCUT2D eigenvalue weighted by molar-refractivity contribution is 5.92. The summed E-state index contributed by atoms with van der Waals surface area (Å²) in [7, 11) is 0. The van der Waals surface area contributed by atoms with Gasteiger partial charge in [-0.05, 0) is 12.1 Å². The van der Waals surface area contributed by atoms with Crippen LogP contribution in [0.4, 0.5) is 0 Å². The average Bonchev–Trinajstić information content (AvgIpc) is 2.88. The zero-order chi connectivity index (χ0) is 14.4. The Morgan fingerprint density at radius 2 is 2.25 bits per heavy atom. The van der Waals surface area contributed by atoms with Gasteiger partial charge in [-0.3, -0.25) is 4.98 Å². The van der Waals surface area contributed by atoms with Crippen LogP contribution in [0.5, 0.6) is 0 Å². The first-order chi connectivity index (χ1) is 9.74. The molecule has 8 heteroatoms. The van der Waals surface area contributed by atoms with E-state index in [1.165, 1.54) is 4.68 Å². The number of ether oxygens (including phenoxy) is 1. The molecule has 0 unspecified atom stereocenters. The number of rotatable bonds is 7. The first-order valence-corrected chi connectivity index (χ1v) is 6.00. The Hall–Kier alpha value is -2.32. The number of carbonyl (C=O) groups is 1. The van der Waals surface area contributed by atoms with Crippen LogP contribution in [0.1, 0.15) is 10.5 Å². The maximum atomic E-state index is 11.2. The van der Waals surface area contributed by atoms with Crippen LogP contribution in [0.2, 0.25) is 0 Å². The third kappa shape index (κ3) is 3.16. The fourth-order valence-electron chi connectivity index (χ4n) is 1.72. The number of aliphatic hydroxyl groups is 1. The van der Waals surface area contributed by atoms with Gasteiger partial charge >= 0.3 is 5.97 Å². The molecule has 20 heavy (non-hydrogen) atoms. The number of aromatic nitrogens is 4. The second-order valence-electron chi connectivity index (χ2n) is 3.89. The lowest BCUT2D eigenvalue weighted by Crippen LogP contribution is -2.11. The summed E-state index contributed by atoms with van der Waals surface area (Å²) in [6, 6.07) is 3.45. The van der Waals surface area contributed by atoms with Gasteiger partial charge in [-0.25, -0.2) is 9.48 Å². The third-order valence-electron chi connectivity index (χ3n) is 2.56. The van der Waals surface area contributed by atoms with Crippen molar-refractivity contribution < 1.29 is 19.7 Å². The van der Waals surface area contributed by atoms with E-state index >= 15 is 0 Å². The monoisotopic (exact) mass is 278 g/mol. The van der Waals surface area contributed by atoms with Crippen molar-refractivity contribution in [2.24, 2.45) is 0 Å². The van der Waals surface area contributed by atoms with Crippen LogP contribution in [-0.2, 0) is 11.3 Å². The van der Waals surface area contributed by atoms with Gasteiger partial charge in [-0.1, -0.05) is 5.21 Å². The van der Waals surface area contributed by atoms with E-state index in [0.29, 0.717) is 24.4 Å². The predicted molar refractivity (Wildman–Crippen MR) is 68.1 cm³/mol. The number of hydrogen-bond donors (Lipinski definition) is 2. The van der Waals surface area contributed by atoms with Crippen molar-refractivity contribution in [2.75, 3.05) is 19.8 Å². The largest absolute Gasteiger partial charge is 0.476 e. The van der Waals surface area contributed by atoms with Crippen LogP contribution in [0.3, 0.4) is 0 Å². The molecule has 8 nitrogen and oxygen atoms in total. The lowest BCUT2D eigenvalue weighted by atomic mass is 10.1. The Bertz CT molecular complexity index is 570. The zero-order valence-corrected chi connectivity index (χ0v) is 10.6. The SMILES string of the molecule is O=C(O)c1nnn(CCOCCO)c1-c1cccnc1. The Labute approximate surface area is 114 Å². The molecule has 0 aliphatic carbocycles. The second-order valence-corrected chi connectivity index (χ2v) is 3.89. The number of carboxylic acid groups (broad SMARTS) is 1. The molecule has 0 aliphatic heterocycles. The minimum absolute atomic E-state index is 0.0623. The Morgan fingerprint density at radius 1 is 1.40 bits per heavy atom. The van der Waals surface area contributed by atoms with Gasteiger partial charge in [-0.2, -0.15) is 0 Å². The second kappa shape index (κ2) is 6.73. The summed E-state index contributed by atoms with van der Waals surface area (Å²) in [4.78, 5) is 15.1. The van der Waals surface area contributed by atoms with E-state index in [2.05, 4.69) is 15.3 Å². The molecule has 106 valence electrons. The highest BCUT2D eigenvalue weighted by atomic mass is 16.5. The van der Waals surface area contributed by atoms with Crippen molar-refractivity contribution in [1.29, 1.82) is 0 Å². The van der Waals surface area contributed by atoms with Crippen LogP contribution in [0.15, 0.2) is 24.5 Å². The minimum Gasteiger partial charge on any atom is -0.476 e. The molecule has 0 amide bonds. The Balaban J connectivity index is 2.26. The zero-order valence-electron chi connectivity index (χ0n) is 10.6. The summed E-state index contributed by atoms with van der Waals surface area (Å²) in [5.74, 6) is -1.15. The topological polar surface area (TPSA) is 110 Å². The number of hydrogen-bond acceptors (Lipinski definition) is 6. The van der Waals surface area contributed by atoms with Crippen molar-refractivity contribution in [2.45, 2.75) is 6.54 Å². The molecule has 0 bridgehead atoms. The van der Waals surface area contributed by atoms with E-state index in [9.17, 15) is 4.79 Å². The summed E-state index contributed by atoms with van der Waals surface area (Å²) < 4.78 is 6.60. The van der Waals surface area contributed by atoms with Gasteiger partial charge in [0.15, 0.2) is 5.69 Å². The highest BCUT2D eigenvalue weighted by Crippen LogP contribution is 2.21. The van der Waals surface area contributed by atoms with Crippen molar-refractivity contribution in [3.05, 3.63) is 30.2 Å². The normalized spacial score (nSPS) is 10.7. The fraction of sp³-hybridized carbons (Fsp3) is 0.333. The Kier molecular flexibility index (Phi) is 4.75. The summed E-state index contributed by atoms with van der Waals surface area (Å²) in [5.41, 5.74) is 0.885. The summed E-state index contributed by atoms with van der Waals surface area (Å²) in [6.45, 7) is 0.802. The van der Waals surface area contributed by atoms with Crippen LogP contribution in [-0.4, -0.2) is 56.0 Å². The lowest BCUT2D eigenvalue weighted by molar-refractivity contribution is 0.0691. The fourth-order valence-corrected chi connectivity index (χ4v) is 1.72. The summed E-state index contributed by atoms with van der Waals surface area (Å²) in [5, 5.41) is 25.3. The molecule has 0 saturated carbocycles. The van der Waals surface area contributed by atoms with Gasteiger partial charge in [0.05, 0.1) is 26.4 Å². The molecule has 0 aromatic carbocycles. The van der Waals surface area contributed by atoms with Gasteiger partial charge in [-0.15, -0.1) is 5.10 Å². The summed E-state index contributed by atoms with van der Waals surface area (Å²) >= 11 is 0. The van der Waals surface area contributed by atoms with Crippen LogP contribution in [0, 0.1) is 0 Å². The standard InChI is InChI=1S/C12H14N4O4/c17-5-7-20-6-4-16-11(9-2-1-3-13-8-9)10(12(18)19)14-15-16/h1-3,8,17H,4-7H2,(H,18,19).